The monoisotopic (exact) mass is 519 g/mol. The third-order valence-electron chi connectivity index (χ3n) is 7.15. The van der Waals surface area contributed by atoms with E-state index in [4.69, 9.17) is 11.1 Å². The summed E-state index contributed by atoms with van der Waals surface area (Å²) < 4.78 is 83.6. The van der Waals surface area contributed by atoms with Crippen molar-refractivity contribution < 1.29 is 26.3 Å². The standard InChI is InChI=1S/C28H27F6N3/c1-4-27(2,3)20-8-7-18-15(13-21(20)29)12-19-24(26(36)37-25(19)35)23(18)16-9-14(10-22(30)31)5-6-17(11-16)28(32,33)34/h5-6,8-9,11-13,17,22H,4,7,10H2,1-3H3,(H3,35,36,37). The lowest BCUT2D eigenvalue weighted by Gasteiger charge is -2.25. The quantitative estimate of drug-likeness (QED) is 0.385. The molecule has 3 aliphatic rings. The van der Waals surface area contributed by atoms with Gasteiger partial charge in [0.25, 0.3) is 0 Å². The summed E-state index contributed by atoms with van der Waals surface area (Å²) in [4.78, 5) is 3.99. The molecule has 0 aromatic heterocycles. The van der Waals surface area contributed by atoms with E-state index in [0.717, 1.165) is 18.2 Å². The van der Waals surface area contributed by atoms with E-state index in [1.165, 1.54) is 12.2 Å². The van der Waals surface area contributed by atoms with E-state index in [1.807, 2.05) is 20.8 Å². The maximum absolute atomic E-state index is 15.5. The molecule has 0 radical (unpaired) electrons. The minimum Gasteiger partial charge on any atom is -0.383 e. The van der Waals surface area contributed by atoms with Gasteiger partial charge in [-0.2, -0.15) is 13.2 Å². The van der Waals surface area contributed by atoms with Gasteiger partial charge in [0.05, 0.1) is 5.92 Å². The fourth-order valence-electron chi connectivity index (χ4n) is 4.84. The largest absolute Gasteiger partial charge is 0.398 e. The van der Waals surface area contributed by atoms with Crippen LogP contribution in [0.25, 0.3) is 11.6 Å². The number of fused-ring (bicyclic) bond motifs is 2. The van der Waals surface area contributed by atoms with Crippen LogP contribution >= 0.6 is 0 Å². The third-order valence-corrected chi connectivity index (χ3v) is 7.15. The summed E-state index contributed by atoms with van der Waals surface area (Å²) in [6.45, 7) is 5.73. The van der Waals surface area contributed by atoms with Crippen LogP contribution in [0.2, 0.25) is 0 Å². The number of nitrogens with zero attached hydrogens (tertiary/aromatic N) is 1. The first kappa shape index (κ1) is 26.7. The predicted octanol–water partition coefficient (Wildman–Crippen LogP) is 7.67. The van der Waals surface area contributed by atoms with Crippen molar-refractivity contribution in [3.8, 4) is 0 Å². The number of hydrogen-bond donors (Lipinski definition) is 2. The van der Waals surface area contributed by atoms with E-state index in [9.17, 15) is 22.0 Å². The molecule has 0 saturated heterocycles. The van der Waals surface area contributed by atoms with E-state index in [1.54, 1.807) is 12.1 Å². The molecule has 4 rings (SSSR count). The Bertz CT molecular complexity index is 1340. The molecule has 0 saturated carbocycles. The molecule has 196 valence electrons. The van der Waals surface area contributed by atoms with Gasteiger partial charge in [-0.3, -0.25) is 5.41 Å². The Labute approximate surface area is 211 Å². The van der Waals surface area contributed by atoms with Gasteiger partial charge in [0, 0.05) is 17.5 Å². The molecule has 37 heavy (non-hydrogen) atoms. The van der Waals surface area contributed by atoms with Crippen LogP contribution in [-0.2, 0) is 6.42 Å². The highest BCUT2D eigenvalue weighted by Crippen LogP contribution is 2.43. The van der Waals surface area contributed by atoms with Gasteiger partial charge in [0.15, 0.2) is 5.84 Å². The molecule has 2 aliphatic carbocycles. The number of hydrogen-bond acceptors (Lipinski definition) is 2. The molecule has 0 bridgehead atoms. The summed E-state index contributed by atoms with van der Waals surface area (Å²) in [5.41, 5.74) is 7.77. The molecular formula is C28H27F6N3. The molecule has 3 N–H and O–H groups in total. The minimum absolute atomic E-state index is 0.0154. The highest BCUT2D eigenvalue weighted by atomic mass is 19.4. The first-order chi connectivity index (χ1) is 17.2. The Morgan fingerprint density at radius 1 is 1.16 bits per heavy atom. The van der Waals surface area contributed by atoms with Crippen LogP contribution < -0.4 is 5.73 Å². The molecule has 0 spiro atoms. The van der Waals surface area contributed by atoms with E-state index >= 15 is 4.39 Å². The first-order valence-electron chi connectivity index (χ1n) is 11.9. The Hall–Kier alpha value is -3.36. The average molecular weight is 520 g/mol. The number of amidine groups is 2. The van der Waals surface area contributed by atoms with Gasteiger partial charge < -0.3 is 5.73 Å². The fourth-order valence-corrected chi connectivity index (χ4v) is 4.84. The van der Waals surface area contributed by atoms with Crippen molar-refractivity contribution in [3.63, 3.8) is 0 Å². The number of allylic oxidation sites excluding steroid dienone is 9. The van der Waals surface area contributed by atoms with Crippen LogP contribution in [-0.4, -0.2) is 24.3 Å². The molecule has 3 nitrogen and oxygen atoms in total. The molecule has 0 fully saturated rings. The number of benzene rings is 1. The van der Waals surface area contributed by atoms with Crippen molar-refractivity contribution in [2.75, 3.05) is 0 Å². The van der Waals surface area contributed by atoms with Crippen LogP contribution in [0.3, 0.4) is 0 Å². The topological polar surface area (TPSA) is 62.2 Å². The van der Waals surface area contributed by atoms with Gasteiger partial charge in [-0.15, -0.1) is 0 Å². The normalized spacial score (nSPS) is 19.9. The highest BCUT2D eigenvalue weighted by Gasteiger charge is 2.38. The van der Waals surface area contributed by atoms with Gasteiger partial charge in [0.2, 0.25) is 6.43 Å². The van der Waals surface area contributed by atoms with Gasteiger partial charge in [0.1, 0.15) is 11.7 Å². The number of nitrogens with one attached hydrogen (secondary N) is 1. The van der Waals surface area contributed by atoms with Crippen LogP contribution in [0.15, 0.2) is 58.4 Å². The van der Waals surface area contributed by atoms with Crippen molar-refractivity contribution in [3.05, 3.63) is 81.2 Å². The molecule has 1 unspecified atom stereocenters. The van der Waals surface area contributed by atoms with Crippen LogP contribution in [0.1, 0.15) is 61.4 Å². The summed E-state index contributed by atoms with van der Waals surface area (Å²) >= 11 is 0. The lowest BCUT2D eigenvalue weighted by molar-refractivity contribution is -0.148. The van der Waals surface area contributed by atoms with Gasteiger partial charge in [-0.1, -0.05) is 51.2 Å². The summed E-state index contributed by atoms with van der Waals surface area (Å²) in [7, 11) is 0. The molecule has 9 heteroatoms. The molecule has 1 aliphatic heterocycles. The Morgan fingerprint density at radius 2 is 1.86 bits per heavy atom. The Morgan fingerprint density at radius 3 is 2.49 bits per heavy atom. The number of alkyl halides is 5. The van der Waals surface area contributed by atoms with Crippen LogP contribution in [0.4, 0.5) is 26.3 Å². The molecule has 1 aromatic rings. The average Bonchev–Trinajstić information content (AvgIpc) is 2.95. The van der Waals surface area contributed by atoms with Gasteiger partial charge in [-0.05, 0) is 63.8 Å². The molecule has 0 amide bonds. The van der Waals surface area contributed by atoms with E-state index in [-0.39, 0.29) is 45.9 Å². The van der Waals surface area contributed by atoms with Crippen molar-refractivity contribution in [1.29, 1.82) is 5.41 Å². The summed E-state index contributed by atoms with van der Waals surface area (Å²) in [6.07, 6.45) is -0.148. The second kappa shape index (κ2) is 9.50. The zero-order chi connectivity index (χ0) is 27.3. The van der Waals surface area contributed by atoms with Gasteiger partial charge >= 0.3 is 6.18 Å². The summed E-state index contributed by atoms with van der Waals surface area (Å²) in [6, 6.07) is 1.57. The summed E-state index contributed by atoms with van der Waals surface area (Å²) in [5.74, 6) is -2.78. The second-order valence-corrected chi connectivity index (χ2v) is 10.0. The summed E-state index contributed by atoms with van der Waals surface area (Å²) in [5, 5.41) is 8.26. The maximum atomic E-state index is 15.5. The zero-order valence-electron chi connectivity index (χ0n) is 20.6. The molecule has 1 aromatic carbocycles. The molecule has 1 heterocycles. The second-order valence-electron chi connectivity index (χ2n) is 10.0. The van der Waals surface area contributed by atoms with Crippen LogP contribution in [0.5, 0.6) is 0 Å². The predicted molar refractivity (Wildman–Crippen MR) is 134 cm³/mol. The number of nitrogens with two attached hydrogens (primary N) is 1. The minimum atomic E-state index is -4.67. The van der Waals surface area contributed by atoms with Crippen molar-refractivity contribution >= 4 is 23.3 Å². The van der Waals surface area contributed by atoms with E-state index in [0.29, 0.717) is 23.1 Å². The van der Waals surface area contributed by atoms with Crippen molar-refractivity contribution in [2.24, 2.45) is 22.1 Å². The lowest BCUT2D eigenvalue weighted by Crippen LogP contribution is -2.20. The maximum Gasteiger partial charge on any atom is 0.398 e. The van der Waals surface area contributed by atoms with Crippen LogP contribution in [0, 0.1) is 16.7 Å². The highest BCUT2D eigenvalue weighted by molar-refractivity contribution is 6.23. The van der Waals surface area contributed by atoms with E-state index < -0.39 is 36.2 Å². The smallest absolute Gasteiger partial charge is 0.383 e. The third kappa shape index (κ3) is 5.08. The lowest BCUT2D eigenvalue weighted by atomic mass is 9.80. The first-order valence-corrected chi connectivity index (χ1v) is 11.9. The molecular weight excluding hydrogens is 492 g/mol. The van der Waals surface area contributed by atoms with E-state index in [2.05, 4.69) is 4.99 Å². The Balaban J connectivity index is 2.04. The van der Waals surface area contributed by atoms with Crippen molar-refractivity contribution in [2.45, 2.75) is 52.6 Å². The fraction of sp³-hybridized carbons (Fsp3) is 0.357. The number of halogens is 6. The number of aliphatic imine (C=N–C) groups is 1. The molecule has 1 atom stereocenters. The number of rotatable bonds is 5. The van der Waals surface area contributed by atoms with Gasteiger partial charge in [-0.25, -0.2) is 18.2 Å². The Kier molecular flexibility index (Phi) is 6.86. The SMILES string of the molecule is CCC(C)(C)C1=CCc2c(cc3c(c2C2=CC(C(F)(F)F)C=CC(CC(F)F)=C2)C(N)=NC3=N)C=C1F. The zero-order valence-corrected chi connectivity index (χ0v) is 20.6. The van der Waals surface area contributed by atoms with Crippen molar-refractivity contribution in [1.82, 2.24) is 0 Å².